The van der Waals surface area contributed by atoms with Gasteiger partial charge in [-0.1, -0.05) is 135 Å². The van der Waals surface area contributed by atoms with E-state index >= 15 is 0 Å². The molecule has 0 saturated heterocycles. The highest BCUT2D eigenvalue weighted by Crippen LogP contribution is 2.33. The SMILES string of the molecule is CCCCCCCCCCCCCCOc1ccc(CN(C(=O)CC)c2ccc(C[n+]3ccsc3)cc2)cc1C(C)(C)C. The number of hydrogen-bond acceptors (Lipinski definition) is 3. The minimum Gasteiger partial charge on any atom is -0.493 e. The van der Waals surface area contributed by atoms with Gasteiger partial charge in [0.1, 0.15) is 5.75 Å². The normalized spacial score (nSPS) is 11.6. The number of benzene rings is 2. The molecule has 0 aliphatic heterocycles. The molecule has 3 rings (SSSR count). The highest BCUT2D eigenvalue weighted by Gasteiger charge is 2.22. The maximum atomic E-state index is 13.1. The highest BCUT2D eigenvalue weighted by molar-refractivity contribution is 7.07. The van der Waals surface area contributed by atoms with E-state index in [1.54, 1.807) is 11.3 Å². The second-order valence-corrected chi connectivity index (χ2v) is 13.8. The smallest absolute Gasteiger partial charge is 0.227 e. The molecule has 5 heteroatoms. The van der Waals surface area contributed by atoms with Crippen molar-refractivity contribution in [2.75, 3.05) is 11.5 Å². The Bertz CT molecular complexity index is 1180. The van der Waals surface area contributed by atoms with Crippen molar-refractivity contribution in [2.45, 2.75) is 137 Å². The topological polar surface area (TPSA) is 33.4 Å². The summed E-state index contributed by atoms with van der Waals surface area (Å²) in [5, 5.41) is 2.08. The molecule has 0 atom stereocenters. The molecule has 0 spiro atoms. The molecule has 2 aromatic carbocycles. The quantitative estimate of drug-likeness (QED) is 0.0948. The molecule has 236 valence electrons. The monoisotopic (exact) mass is 605 g/mol. The van der Waals surface area contributed by atoms with Crippen LogP contribution in [-0.4, -0.2) is 12.5 Å². The Hall–Kier alpha value is -2.66. The van der Waals surface area contributed by atoms with E-state index in [2.05, 4.69) is 91.8 Å². The van der Waals surface area contributed by atoms with Crippen LogP contribution >= 0.6 is 11.3 Å². The van der Waals surface area contributed by atoms with Gasteiger partial charge < -0.3 is 9.64 Å². The molecule has 0 bridgehead atoms. The van der Waals surface area contributed by atoms with Crippen LogP contribution in [0, 0.1) is 0 Å². The van der Waals surface area contributed by atoms with Gasteiger partial charge in [0.15, 0.2) is 12.7 Å². The van der Waals surface area contributed by atoms with Crippen molar-refractivity contribution in [2.24, 2.45) is 0 Å². The van der Waals surface area contributed by atoms with Gasteiger partial charge in [0.25, 0.3) is 0 Å². The molecule has 0 fully saturated rings. The van der Waals surface area contributed by atoms with E-state index in [0.29, 0.717) is 13.0 Å². The number of hydrogen-bond donors (Lipinski definition) is 0. The summed E-state index contributed by atoms with van der Waals surface area (Å²) < 4.78 is 8.51. The van der Waals surface area contributed by atoms with E-state index in [4.69, 9.17) is 4.74 Å². The van der Waals surface area contributed by atoms with Gasteiger partial charge in [-0.15, -0.1) is 0 Å². The second kappa shape index (κ2) is 18.9. The zero-order valence-electron chi connectivity index (χ0n) is 27.7. The third kappa shape index (κ3) is 12.5. The largest absolute Gasteiger partial charge is 0.493 e. The fourth-order valence-corrected chi connectivity index (χ4v) is 6.15. The van der Waals surface area contributed by atoms with Crippen LogP contribution in [0.15, 0.2) is 59.6 Å². The maximum absolute atomic E-state index is 13.1. The van der Waals surface area contributed by atoms with Gasteiger partial charge >= 0.3 is 0 Å². The molecule has 3 aromatic rings. The first kappa shape index (κ1) is 34.8. The molecular weight excluding hydrogens is 548 g/mol. The first-order valence-corrected chi connectivity index (χ1v) is 17.8. The molecule has 1 amide bonds. The predicted molar refractivity (Wildman–Crippen MR) is 183 cm³/mol. The lowest BCUT2D eigenvalue weighted by molar-refractivity contribution is -0.683. The van der Waals surface area contributed by atoms with E-state index in [1.165, 1.54) is 81.8 Å². The van der Waals surface area contributed by atoms with Gasteiger partial charge in [0.2, 0.25) is 11.4 Å². The van der Waals surface area contributed by atoms with E-state index in [0.717, 1.165) is 36.6 Å². The molecule has 0 unspecified atom stereocenters. The third-order valence-corrected chi connectivity index (χ3v) is 8.86. The number of thiazole rings is 1. The molecular formula is C38H57N2O2S+. The molecule has 1 aromatic heterocycles. The first-order valence-electron chi connectivity index (χ1n) is 16.9. The van der Waals surface area contributed by atoms with Crippen molar-refractivity contribution in [3.8, 4) is 5.75 Å². The summed E-state index contributed by atoms with van der Waals surface area (Å²) in [6, 6.07) is 14.9. The molecule has 0 N–H and O–H groups in total. The van der Waals surface area contributed by atoms with Gasteiger partial charge in [-0.25, -0.2) is 0 Å². The average molecular weight is 606 g/mol. The lowest BCUT2D eigenvalue weighted by Crippen LogP contribution is -2.31. The minimum atomic E-state index is -0.0531. The van der Waals surface area contributed by atoms with E-state index in [-0.39, 0.29) is 11.3 Å². The molecule has 0 saturated carbocycles. The van der Waals surface area contributed by atoms with Crippen LogP contribution in [0.1, 0.15) is 135 Å². The number of amides is 1. The van der Waals surface area contributed by atoms with Crippen LogP contribution in [-0.2, 0) is 23.3 Å². The molecule has 0 aliphatic carbocycles. The van der Waals surface area contributed by atoms with E-state index in [1.807, 2.05) is 11.8 Å². The second-order valence-electron chi connectivity index (χ2n) is 13.0. The fourth-order valence-electron chi connectivity index (χ4n) is 5.55. The lowest BCUT2D eigenvalue weighted by Gasteiger charge is -2.26. The Kier molecular flexibility index (Phi) is 15.3. The summed E-state index contributed by atoms with van der Waals surface area (Å²) in [5.74, 6) is 1.10. The average Bonchev–Trinajstić information content (AvgIpc) is 3.51. The number of nitrogens with zero attached hydrogens (tertiary/aromatic N) is 2. The van der Waals surface area contributed by atoms with Crippen LogP contribution in [0.3, 0.4) is 0 Å². The van der Waals surface area contributed by atoms with Crippen LogP contribution in [0.25, 0.3) is 0 Å². The van der Waals surface area contributed by atoms with Crippen molar-refractivity contribution in [3.63, 3.8) is 0 Å². The Labute approximate surface area is 266 Å². The van der Waals surface area contributed by atoms with Gasteiger partial charge in [-0.05, 0) is 47.2 Å². The molecule has 1 heterocycles. The van der Waals surface area contributed by atoms with Crippen molar-refractivity contribution < 1.29 is 14.1 Å². The van der Waals surface area contributed by atoms with Gasteiger partial charge in [-0.2, -0.15) is 4.57 Å². The standard InChI is InChI=1S/C38H57N2O2S/c1-6-8-9-10-11-12-13-14-15-16-17-18-26-42-36-24-21-33(28-35(36)38(3,4)5)30-40(37(41)7-2)34-22-19-32(20-23-34)29-39-25-27-43-31-39/h19-25,27-28,31H,6-18,26,29-30H2,1-5H3/q+1. The number of unbranched alkanes of at least 4 members (excludes halogenated alkanes) is 11. The van der Waals surface area contributed by atoms with E-state index in [9.17, 15) is 4.79 Å². The van der Waals surface area contributed by atoms with Crippen molar-refractivity contribution in [1.82, 2.24) is 0 Å². The minimum absolute atomic E-state index is 0.0531. The van der Waals surface area contributed by atoms with Crippen LogP contribution < -0.4 is 14.2 Å². The summed E-state index contributed by atoms with van der Waals surface area (Å²) in [5.41, 5.74) is 6.55. The number of carbonyl (C=O) groups excluding carboxylic acids is 1. The molecule has 0 aliphatic rings. The first-order chi connectivity index (χ1) is 20.8. The van der Waals surface area contributed by atoms with Crippen molar-refractivity contribution in [1.29, 1.82) is 0 Å². The van der Waals surface area contributed by atoms with Crippen LogP contribution in [0.4, 0.5) is 5.69 Å². The summed E-state index contributed by atoms with van der Waals surface area (Å²) in [6.45, 7) is 13.1. The number of aromatic nitrogens is 1. The highest BCUT2D eigenvalue weighted by atomic mass is 32.1. The van der Waals surface area contributed by atoms with Gasteiger partial charge in [0, 0.05) is 17.7 Å². The summed E-state index contributed by atoms with van der Waals surface area (Å²) in [7, 11) is 0. The van der Waals surface area contributed by atoms with Gasteiger partial charge in [0.05, 0.1) is 18.5 Å². The molecule has 0 radical (unpaired) electrons. The number of rotatable bonds is 20. The fraction of sp³-hybridized carbons (Fsp3) is 0.579. The van der Waals surface area contributed by atoms with E-state index < -0.39 is 0 Å². The number of carbonyl (C=O) groups is 1. The van der Waals surface area contributed by atoms with Crippen molar-refractivity contribution >= 4 is 22.9 Å². The summed E-state index contributed by atoms with van der Waals surface area (Å²) >= 11 is 1.69. The van der Waals surface area contributed by atoms with Crippen LogP contribution in [0.2, 0.25) is 0 Å². The zero-order chi connectivity index (χ0) is 30.9. The Morgan fingerprint density at radius 1 is 0.814 bits per heavy atom. The predicted octanol–water partition coefficient (Wildman–Crippen LogP) is 10.4. The third-order valence-electron chi connectivity index (χ3n) is 8.19. The zero-order valence-corrected chi connectivity index (χ0v) is 28.5. The Morgan fingerprint density at radius 2 is 1.42 bits per heavy atom. The lowest BCUT2D eigenvalue weighted by atomic mass is 9.85. The summed E-state index contributed by atoms with van der Waals surface area (Å²) in [6.07, 6.45) is 18.7. The maximum Gasteiger partial charge on any atom is 0.227 e. The van der Waals surface area contributed by atoms with Gasteiger partial charge in [-0.3, -0.25) is 4.79 Å². The van der Waals surface area contributed by atoms with Crippen LogP contribution in [0.5, 0.6) is 5.75 Å². The summed E-state index contributed by atoms with van der Waals surface area (Å²) in [4.78, 5) is 15.0. The molecule has 4 nitrogen and oxygen atoms in total. The molecule has 43 heavy (non-hydrogen) atoms. The van der Waals surface area contributed by atoms with Crippen molar-refractivity contribution in [3.05, 3.63) is 76.2 Å². The Balaban J connectivity index is 1.51. The Morgan fingerprint density at radius 3 is 1.98 bits per heavy atom. The number of anilines is 1. The number of ether oxygens (including phenoxy) is 1.